The van der Waals surface area contributed by atoms with E-state index < -0.39 is 11.8 Å². The lowest BCUT2D eigenvalue weighted by Crippen LogP contribution is -2.55. The first kappa shape index (κ1) is 18.6. The number of ether oxygens (including phenoxy) is 1. The first-order valence-electron chi connectivity index (χ1n) is 9.02. The highest BCUT2D eigenvalue weighted by Gasteiger charge is 2.37. The average Bonchev–Trinajstić information content (AvgIpc) is 3.33. The summed E-state index contributed by atoms with van der Waals surface area (Å²) >= 11 is 0. The summed E-state index contributed by atoms with van der Waals surface area (Å²) in [7, 11) is 1.40. The van der Waals surface area contributed by atoms with Crippen molar-refractivity contribution < 1.29 is 23.8 Å². The van der Waals surface area contributed by atoms with Crippen molar-refractivity contribution in [3.05, 3.63) is 29.6 Å². The standard InChI is InChI=1S/C19H25FN2O4/c1-26-17-5-4-13(6-16(17)20)7-18(23)21-14-8-15(9-14)22(11-19(24)25)10-12-2-3-12/h4-6,12,14-15H,2-3,7-11H2,1H3,(H,21,23)(H,24,25). The Morgan fingerprint density at radius 1 is 1.35 bits per heavy atom. The van der Waals surface area contributed by atoms with Crippen LogP contribution in [0.25, 0.3) is 0 Å². The van der Waals surface area contributed by atoms with Crippen LogP contribution in [0.4, 0.5) is 4.39 Å². The highest BCUT2D eigenvalue weighted by Crippen LogP contribution is 2.33. The van der Waals surface area contributed by atoms with Gasteiger partial charge in [-0.3, -0.25) is 14.5 Å². The van der Waals surface area contributed by atoms with Crippen LogP contribution in [0, 0.1) is 11.7 Å². The Bertz CT molecular complexity index is 672. The molecule has 0 aromatic heterocycles. The van der Waals surface area contributed by atoms with Gasteiger partial charge in [0.15, 0.2) is 11.6 Å². The third-order valence-corrected chi connectivity index (χ3v) is 5.10. The molecule has 6 nitrogen and oxygen atoms in total. The van der Waals surface area contributed by atoms with Gasteiger partial charge in [-0.15, -0.1) is 0 Å². The molecule has 0 aliphatic heterocycles. The molecule has 142 valence electrons. The van der Waals surface area contributed by atoms with Crippen LogP contribution in [0.3, 0.4) is 0 Å². The molecule has 2 N–H and O–H groups in total. The summed E-state index contributed by atoms with van der Waals surface area (Å²) in [6.07, 6.45) is 4.01. The van der Waals surface area contributed by atoms with Gasteiger partial charge in [0.2, 0.25) is 5.91 Å². The number of benzene rings is 1. The van der Waals surface area contributed by atoms with E-state index in [1.807, 2.05) is 4.90 Å². The van der Waals surface area contributed by atoms with E-state index in [1.54, 1.807) is 6.07 Å². The first-order chi connectivity index (χ1) is 12.4. The SMILES string of the molecule is COc1ccc(CC(=O)NC2CC(N(CC(=O)O)CC3CC3)C2)cc1F. The summed E-state index contributed by atoms with van der Waals surface area (Å²) in [4.78, 5) is 25.2. The Balaban J connectivity index is 1.44. The van der Waals surface area contributed by atoms with Crippen LogP contribution < -0.4 is 10.1 Å². The molecule has 1 aromatic carbocycles. The molecule has 2 saturated carbocycles. The number of rotatable bonds is 9. The second kappa shape index (κ2) is 8.03. The van der Waals surface area contributed by atoms with Crippen molar-refractivity contribution in [2.45, 2.75) is 44.2 Å². The van der Waals surface area contributed by atoms with E-state index in [-0.39, 0.29) is 36.7 Å². The molecule has 7 heteroatoms. The highest BCUT2D eigenvalue weighted by molar-refractivity contribution is 5.79. The molecule has 2 fully saturated rings. The van der Waals surface area contributed by atoms with Gasteiger partial charge in [-0.05, 0) is 49.3 Å². The highest BCUT2D eigenvalue weighted by atomic mass is 19.1. The normalized spacial score (nSPS) is 22.0. The molecule has 0 radical (unpaired) electrons. The largest absolute Gasteiger partial charge is 0.494 e. The summed E-state index contributed by atoms with van der Waals surface area (Å²) in [5, 5.41) is 12.0. The van der Waals surface area contributed by atoms with Crippen molar-refractivity contribution in [1.82, 2.24) is 10.2 Å². The van der Waals surface area contributed by atoms with Gasteiger partial charge in [0, 0.05) is 18.6 Å². The number of methoxy groups -OCH3 is 1. The molecular weight excluding hydrogens is 339 g/mol. The number of carbonyl (C=O) groups is 2. The number of nitrogens with zero attached hydrogens (tertiary/aromatic N) is 1. The maximum Gasteiger partial charge on any atom is 0.317 e. The lowest BCUT2D eigenvalue weighted by molar-refractivity contribution is -0.140. The summed E-state index contributed by atoms with van der Waals surface area (Å²) in [5.74, 6) is -0.645. The van der Waals surface area contributed by atoms with Gasteiger partial charge in [0.25, 0.3) is 0 Å². The molecule has 0 unspecified atom stereocenters. The third-order valence-electron chi connectivity index (χ3n) is 5.10. The number of halogens is 1. The van der Waals surface area contributed by atoms with E-state index in [4.69, 9.17) is 9.84 Å². The minimum absolute atomic E-state index is 0.0612. The fraction of sp³-hybridized carbons (Fsp3) is 0.579. The Morgan fingerprint density at radius 2 is 2.08 bits per heavy atom. The Labute approximate surface area is 152 Å². The predicted octanol–water partition coefficient (Wildman–Crippen LogP) is 1.82. The van der Waals surface area contributed by atoms with Crippen molar-refractivity contribution in [3.8, 4) is 5.75 Å². The fourth-order valence-electron chi connectivity index (χ4n) is 3.44. The Kier molecular flexibility index (Phi) is 5.76. The number of carbonyl (C=O) groups excluding carboxylic acids is 1. The number of carboxylic acid groups (broad SMARTS) is 1. The molecular formula is C19H25FN2O4. The summed E-state index contributed by atoms with van der Waals surface area (Å²) in [6.45, 7) is 0.899. The van der Waals surface area contributed by atoms with E-state index in [2.05, 4.69) is 5.32 Å². The number of hydrogen-bond donors (Lipinski definition) is 2. The molecule has 0 heterocycles. The average molecular weight is 364 g/mol. The summed E-state index contributed by atoms with van der Waals surface area (Å²) in [6, 6.07) is 4.78. The molecule has 1 aromatic rings. The minimum atomic E-state index is -0.806. The van der Waals surface area contributed by atoms with E-state index in [9.17, 15) is 14.0 Å². The lowest BCUT2D eigenvalue weighted by Gasteiger charge is -2.42. The quantitative estimate of drug-likeness (QED) is 0.699. The molecule has 0 saturated heterocycles. The van der Waals surface area contributed by atoms with E-state index in [1.165, 1.54) is 32.1 Å². The Hall–Kier alpha value is -2.15. The van der Waals surface area contributed by atoms with Crippen molar-refractivity contribution in [1.29, 1.82) is 0 Å². The van der Waals surface area contributed by atoms with Crippen LogP contribution in [-0.2, 0) is 16.0 Å². The lowest BCUT2D eigenvalue weighted by atomic mass is 9.85. The minimum Gasteiger partial charge on any atom is -0.494 e. The molecule has 0 bridgehead atoms. The van der Waals surface area contributed by atoms with Crippen LogP contribution in [0.5, 0.6) is 5.75 Å². The van der Waals surface area contributed by atoms with Crippen molar-refractivity contribution >= 4 is 11.9 Å². The van der Waals surface area contributed by atoms with Gasteiger partial charge < -0.3 is 15.2 Å². The number of carboxylic acids is 1. The van der Waals surface area contributed by atoms with Gasteiger partial charge in [-0.2, -0.15) is 0 Å². The topological polar surface area (TPSA) is 78.9 Å². The Morgan fingerprint density at radius 3 is 2.65 bits per heavy atom. The van der Waals surface area contributed by atoms with Gasteiger partial charge in [-0.1, -0.05) is 6.07 Å². The van der Waals surface area contributed by atoms with Crippen LogP contribution in [0.2, 0.25) is 0 Å². The molecule has 26 heavy (non-hydrogen) atoms. The van der Waals surface area contributed by atoms with Crippen LogP contribution in [-0.4, -0.2) is 54.2 Å². The molecule has 3 rings (SSSR count). The summed E-state index contributed by atoms with van der Waals surface area (Å²) in [5.41, 5.74) is 0.595. The van der Waals surface area contributed by atoms with Crippen LogP contribution in [0.1, 0.15) is 31.2 Å². The predicted molar refractivity (Wildman–Crippen MR) is 93.5 cm³/mol. The smallest absolute Gasteiger partial charge is 0.317 e. The van der Waals surface area contributed by atoms with Gasteiger partial charge in [-0.25, -0.2) is 4.39 Å². The van der Waals surface area contributed by atoms with Gasteiger partial charge >= 0.3 is 5.97 Å². The number of amides is 1. The van der Waals surface area contributed by atoms with Crippen molar-refractivity contribution in [2.75, 3.05) is 20.2 Å². The number of hydrogen-bond acceptors (Lipinski definition) is 4. The second-order valence-electron chi connectivity index (χ2n) is 7.30. The molecule has 0 atom stereocenters. The number of nitrogens with one attached hydrogen (secondary N) is 1. The van der Waals surface area contributed by atoms with Crippen LogP contribution in [0.15, 0.2) is 18.2 Å². The van der Waals surface area contributed by atoms with Gasteiger partial charge in [0.05, 0.1) is 20.1 Å². The van der Waals surface area contributed by atoms with Crippen molar-refractivity contribution in [2.24, 2.45) is 5.92 Å². The zero-order valence-corrected chi connectivity index (χ0v) is 14.9. The van der Waals surface area contributed by atoms with Crippen LogP contribution >= 0.6 is 0 Å². The molecule has 1 amide bonds. The molecule has 0 spiro atoms. The maximum absolute atomic E-state index is 13.7. The first-order valence-corrected chi connectivity index (χ1v) is 9.02. The monoisotopic (exact) mass is 364 g/mol. The third kappa shape index (κ3) is 4.94. The zero-order valence-electron chi connectivity index (χ0n) is 14.9. The summed E-state index contributed by atoms with van der Waals surface area (Å²) < 4.78 is 18.6. The fourth-order valence-corrected chi connectivity index (χ4v) is 3.44. The van der Waals surface area contributed by atoms with E-state index in [0.717, 1.165) is 19.4 Å². The molecule has 2 aliphatic rings. The molecule has 2 aliphatic carbocycles. The van der Waals surface area contributed by atoms with E-state index in [0.29, 0.717) is 11.5 Å². The maximum atomic E-state index is 13.7. The van der Waals surface area contributed by atoms with E-state index >= 15 is 0 Å². The zero-order chi connectivity index (χ0) is 18.7. The van der Waals surface area contributed by atoms with Gasteiger partial charge in [0.1, 0.15) is 0 Å². The second-order valence-corrected chi connectivity index (χ2v) is 7.30. The van der Waals surface area contributed by atoms with Crippen molar-refractivity contribution in [3.63, 3.8) is 0 Å². The number of aliphatic carboxylic acids is 1.